The van der Waals surface area contributed by atoms with Gasteiger partial charge in [-0.25, -0.2) is 19.1 Å². The van der Waals surface area contributed by atoms with Gasteiger partial charge in [0.1, 0.15) is 0 Å². The zero-order valence-electron chi connectivity index (χ0n) is 17.0. The van der Waals surface area contributed by atoms with Crippen molar-refractivity contribution in [1.82, 2.24) is 4.98 Å². The minimum atomic E-state index is -2.36. The summed E-state index contributed by atoms with van der Waals surface area (Å²) in [4.78, 5) is 19.6. The molecule has 1 fully saturated rings. The van der Waals surface area contributed by atoms with Crippen molar-refractivity contribution in [1.29, 1.82) is 0 Å². The van der Waals surface area contributed by atoms with E-state index in [-0.39, 0.29) is 36.5 Å². The molecule has 0 saturated heterocycles. The molecular weight excluding hydrogens is 455 g/mol. The van der Waals surface area contributed by atoms with Gasteiger partial charge in [-0.1, -0.05) is 23.9 Å². The number of carbonyl (C=O) groups is 1. The summed E-state index contributed by atoms with van der Waals surface area (Å²) in [6.45, 7) is 1.47. The number of thioether (sulfide) groups is 1. The minimum absolute atomic E-state index is 0.0161. The molecule has 1 aliphatic carbocycles. The first kappa shape index (κ1) is 25.9. The third-order valence-electron chi connectivity index (χ3n) is 5.36. The number of aromatic carboxylic acids is 1. The fraction of sp³-hybridized carbons (Fsp3) is 0.600. The normalized spacial score (nSPS) is 23.2. The summed E-state index contributed by atoms with van der Waals surface area (Å²) in [7, 11) is 0. The average molecular weight is 482 g/mol. The second-order valence-electron chi connectivity index (χ2n) is 7.78. The lowest BCUT2D eigenvalue weighted by atomic mass is 9.90. The van der Waals surface area contributed by atoms with E-state index in [4.69, 9.17) is 5.11 Å². The van der Waals surface area contributed by atoms with Gasteiger partial charge in [0, 0.05) is 17.6 Å². The summed E-state index contributed by atoms with van der Waals surface area (Å²) >= 11 is 2.71. The maximum atomic E-state index is 13.0. The largest absolute Gasteiger partial charge is 0.476 e. The van der Waals surface area contributed by atoms with Crippen LogP contribution >= 0.6 is 23.1 Å². The van der Waals surface area contributed by atoms with E-state index in [0.717, 1.165) is 6.42 Å². The van der Waals surface area contributed by atoms with Crippen molar-refractivity contribution in [3.63, 3.8) is 0 Å². The Morgan fingerprint density at radius 3 is 2.77 bits per heavy atom. The van der Waals surface area contributed by atoms with Gasteiger partial charge in [-0.15, -0.1) is 11.3 Å². The maximum Gasteiger partial charge on any atom is 0.355 e. The highest BCUT2D eigenvalue weighted by atomic mass is 32.2. The number of rotatable bonds is 12. The molecule has 1 heterocycles. The molecule has 3 N–H and O–H groups in total. The van der Waals surface area contributed by atoms with E-state index in [9.17, 15) is 28.3 Å². The van der Waals surface area contributed by atoms with Gasteiger partial charge < -0.3 is 10.2 Å². The molecule has 11 heteroatoms. The van der Waals surface area contributed by atoms with Crippen molar-refractivity contribution in [2.75, 3.05) is 5.75 Å². The Morgan fingerprint density at radius 1 is 1.42 bits per heavy atom. The van der Waals surface area contributed by atoms with Gasteiger partial charge in [-0.05, 0) is 50.9 Å². The molecule has 31 heavy (non-hydrogen) atoms. The Hall–Kier alpha value is -1.40. The molecule has 1 unspecified atom stereocenters. The zero-order chi connectivity index (χ0) is 23.0. The Morgan fingerprint density at radius 2 is 2.16 bits per heavy atom. The smallest absolute Gasteiger partial charge is 0.355 e. The first-order chi connectivity index (χ1) is 14.6. The molecule has 0 radical (unpaired) electrons. The minimum Gasteiger partial charge on any atom is -0.476 e. The molecular formula is C20H26F3NO5S2. The van der Waals surface area contributed by atoms with Gasteiger partial charge in [0.2, 0.25) is 0 Å². The first-order valence-electron chi connectivity index (χ1n) is 9.83. The zero-order valence-corrected chi connectivity index (χ0v) is 18.6. The lowest BCUT2D eigenvalue weighted by Gasteiger charge is -2.23. The van der Waals surface area contributed by atoms with Gasteiger partial charge in [-0.3, -0.25) is 5.26 Å². The van der Waals surface area contributed by atoms with Crippen LogP contribution in [0.2, 0.25) is 0 Å². The highest BCUT2D eigenvalue weighted by Crippen LogP contribution is 2.39. The lowest BCUT2D eigenvalue weighted by molar-refractivity contribution is -0.286. The molecule has 4 atom stereocenters. The second kappa shape index (κ2) is 12.0. The summed E-state index contributed by atoms with van der Waals surface area (Å²) in [5.74, 6) is -1.78. The van der Waals surface area contributed by atoms with Crippen molar-refractivity contribution in [2.24, 2.45) is 11.8 Å². The number of thiazole rings is 1. The summed E-state index contributed by atoms with van der Waals surface area (Å²) < 4.78 is 38.0. The Kier molecular flexibility index (Phi) is 10.0. The molecule has 0 amide bonds. The van der Waals surface area contributed by atoms with Crippen LogP contribution in [0.3, 0.4) is 0 Å². The standard InChI is InChI=1S/C20H26F3NO5S2/c1-20(27,9-6-14(21)17(22)23)8-2-3-12-4-5-16(29-28)13(12)7-10-30-19-24-15(11-31-19)18(25)26/h2-3,11-13,16,27-28H,4-10H2,1H3,(H,25,26)/b3-2+/t12-,13+,16?,20+/m0/s1. The topological polar surface area (TPSA) is 99.9 Å². The number of aromatic nitrogens is 1. The molecule has 1 aromatic heterocycles. The van der Waals surface area contributed by atoms with Crippen molar-refractivity contribution in [3.8, 4) is 0 Å². The van der Waals surface area contributed by atoms with E-state index in [1.807, 2.05) is 6.08 Å². The molecule has 0 spiro atoms. The molecule has 1 saturated carbocycles. The highest BCUT2D eigenvalue weighted by Gasteiger charge is 2.35. The average Bonchev–Trinajstić information content (AvgIpc) is 3.33. The lowest BCUT2D eigenvalue weighted by Crippen LogP contribution is -2.23. The number of allylic oxidation sites excluding steroid dienone is 2. The van der Waals surface area contributed by atoms with Crippen LogP contribution in [0.15, 0.2) is 33.8 Å². The molecule has 0 bridgehead atoms. The fourth-order valence-electron chi connectivity index (χ4n) is 3.61. The molecule has 1 aromatic rings. The number of hydrogen-bond acceptors (Lipinski definition) is 7. The van der Waals surface area contributed by atoms with Gasteiger partial charge in [-0.2, -0.15) is 8.78 Å². The Labute approximate surface area is 186 Å². The van der Waals surface area contributed by atoms with Crippen LogP contribution in [-0.4, -0.2) is 43.9 Å². The van der Waals surface area contributed by atoms with E-state index >= 15 is 0 Å². The summed E-state index contributed by atoms with van der Waals surface area (Å²) in [6, 6.07) is 0. The number of nitrogens with zero attached hydrogens (tertiary/aromatic N) is 1. The van der Waals surface area contributed by atoms with Crippen molar-refractivity contribution < 1.29 is 38.3 Å². The van der Waals surface area contributed by atoms with E-state index < -0.39 is 29.9 Å². The van der Waals surface area contributed by atoms with Crippen LogP contribution in [0.4, 0.5) is 13.2 Å². The molecule has 0 aromatic carbocycles. The fourth-order valence-corrected chi connectivity index (χ4v) is 5.52. The molecule has 2 rings (SSSR count). The van der Waals surface area contributed by atoms with Crippen LogP contribution < -0.4 is 0 Å². The van der Waals surface area contributed by atoms with Crippen LogP contribution in [-0.2, 0) is 4.89 Å². The number of hydrogen-bond donors (Lipinski definition) is 3. The third kappa shape index (κ3) is 8.23. The van der Waals surface area contributed by atoms with Crippen molar-refractivity contribution >= 4 is 29.1 Å². The van der Waals surface area contributed by atoms with Gasteiger partial charge in [0.25, 0.3) is 0 Å². The Bertz CT molecular complexity index is 796. The summed E-state index contributed by atoms with van der Waals surface area (Å²) in [5, 5.41) is 29.9. The SMILES string of the molecule is C[C@@](O)(C/C=C/[C@H]1CCC(OO)[C@@H]1CCSc1nc(C(=O)O)cs1)CCC(F)=C(F)F. The van der Waals surface area contributed by atoms with Crippen molar-refractivity contribution in [2.45, 2.75) is 61.5 Å². The highest BCUT2D eigenvalue weighted by molar-refractivity contribution is 8.01. The number of carboxylic acids is 1. The predicted molar refractivity (Wildman–Crippen MR) is 112 cm³/mol. The van der Waals surface area contributed by atoms with Gasteiger partial charge in [0.15, 0.2) is 15.9 Å². The molecule has 6 nitrogen and oxygen atoms in total. The van der Waals surface area contributed by atoms with Crippen molar-refractivity contribution in [3.05, 3.63) is 35.1 Å². The molecule has 0 aliphatic heterocycles. The van der Waals surface area contributed by atoms with Crippen LogP contribution in [0.25, 0.3) is 0 Å². The van der Waals surface area contributed by atoms with Crippen LogP contribution in [0, 0.1) is 11.8 Å². The number of halogens is 3. The van der Waals surface area contributed by atoms with E-state index in [1.165, 1.54) is 35.4 Å². The third-order valence-corrected chi connectivity index (χ3v) is 7.41. The maximum absolute atomic E-state index is 13.0. The Balaban J connectivity index is 1.87. The van der Waals surface area contributed by atoms with Crippen LogP contribution in [0.1, 0.15) is 55.9 Å². The first-order valence-corrected chi connectivity index (χ1v) is 11.7. The molecule has 1 aliphatic rings. The summed E-state index contributed by atoms with van der Waals surface area (Å²) in [6.07, 6.45) is 2.70. The summed E-state index contributed by atoms with van der Waals surface area (Å²) in [5.41, 5.74) is -1.30. The second-order valence-corrected chi connectivity index (χ2v) is 9.98. The number of aliphatic hydroxyl groups is 1. The molecule has 174 valence electrons. The predicted octanol–water partition coefficient (Wildman–Crippen LogP) is 5.76. The number of carboxylic acid groups (broad SMARTS) is 1. The van der Waals surface area contributed by atoms with E-state index in [2.05, 4.69) is 9.87 Å². The van der Waals surface area contributed by atoms with Crippen LogP contribution in [0.5, 0.6) is 0 Å². The van der Waals surface area contributed by atoms with Gasteiger partial charge in [0.05, 0.1) is 11.7 Å². The monoisotopic (exact) mass is 481 g/mol. The van der Waals surface area contributed by atoms with E-state index in [0.29, 0.717) is 22.9 Å². The van der Waals surface area contributed by atoms with E-state index in [1.54, 1.807) is 6.08 Å². The van der Waals surface area contributed by atoms with Gasteiger partial charge >= 0.3 is 12.0 Å². The quantitative estimate of drug-likeness (QED) is 0.151.